The Hall–Kier alpha value is -0.870. The van der Waals surface area contributed by atoms with Gasteiger partial charge in [-0.05, 0) is 59.7 Å². The number of nitrogens with zero attached hydrogens (tertiary/aromatic N) is 1. The average molecular weight is 283 g/mol. The number of aromatic nitrogens is 2. The number of aromatic amines is 1. The molecule has 0 aliphatic rings. The van der Waals surface area contributed by atoms with E-state index in [1.807, 2.05) is 17.7 Å². The van der Waals surface area contributed by atoms with Gasteiger partial charge in [0.25, 0.3) is 0 Å². The molecule has 0 fully saturated rings. The number of hydrogen-bond donors (Lipinski definition) is 1. The predicted octanol–water partition coefficient (Wildman–Crippen LogP) is 3.91. The van der Waals surface area contributed by atoms with E-state index in [1.54, 1.807) is 0 Å². The van der Waals surface area contributed by atoms with Crippen LogP contribution in [0.3, 0.4) is 0 Å². The van der Waals surface area contributed by atoms with E-state index in [0.717, 1.165) is 20.6 Å². The highest BCUT2D eigenvalue weighted by molar-refractivity contribution is 9.10. The summed E-state index contributed by atoms with van der Waals surface area (Å²) in [6, 6.07) is 6.23. The van der Waals surface area contributed by atoms with Crippen molar-refractivity contribution in [3.63, 3.8) is 0 Å². The second-order valence-electron chi connectivity index (χ2n) is 3.53. The first-order chi connectivity index (χ1) is 7.09. The van der Waals surface area contributed by atoms with Gasteiger partial charge in [-0.25, -0.2) is 0 Å². The number of benzene rings is 1. The molecule has 15 heavy (non-hydrogen) atoms. The third kappa shape index (κ3) is 1.92. The van der Waals surface area contributed by atoms with Crippen molar-refractivity contribution in [1.29, 1.82) is 0 Å². The highest BCUT2D eigenvalue weighted by Gasteiger charge is 2.06. The van der Waals surface area contributed by atoms with Gasteiger partial charge in [-0.1, -0.05) is 6.07 Å². The van der Waals surface area contributed by atoms with E-state index in [2.05, 4.69) is 46.0 Å². The van der Waals surface area contributed by atoms with Crippen LogP contribution in [-0.2, 0) is 0 Å². The van der Waals surface area contributed by atoms with Crippen molar-refractivity contribution in [1.82, 2.24) is 9.55 Å². The molecule has 4 heteroatoms. The molecule has 0 amide bonds. The summed E-state index contributed by atoms with van der Waals surface area (Å²) in [5.74, 6) is 0. The summed E-state index contributed by atoms with van der Waals surface area (Å²) in [5.41, 5.74) is 3.40. The topological polar surface area (TPSA) is 20.7 Å². The van der Waals surface area contributed by atoms with Gasteiger partial charge < -0.3 is 4.98 Å². The highest BCUT2D eigenvalue weighted by atomic mass is 79.9. The summed E-state index contributed by atoms with van der Waals surface area (Å²) in [6.45, 7) is 4.09. The molecule has 0 bridgehead atoms. The molecule has 1 N–H and O–H groups in total. The number of hydrogen-bond acceptors (Lipinski definition) is 1. The lowest BCUT2D eigenvalue weighted by atomic mass is 10.2. The van der Waals surface area contributed by atoms with E-state index in [1.165, 1.54) is 5.56 Å². The highest BCUT2D eigenvalue weighted by Crippen LogP contribution is 2.23. The van der Waals surface area contributed by atoms with E-state index in [-0.39, 0.29) is 0 Å². The van der Waals surface area contributed by atoms with Crippen LogP contribution >= 0.6 is 28.1 Å². The first kappa shape index (κ1) is 10.6. The second kappa shape index (κ2) is 3.94. The lowest BCUT2D eigenvalue weighted by molar-refractivity contribution is 0.978. The van der Waals surface area contributed by atoms with Crippen LogP contribution in [0.5, 0.6) is 0 Å². The molecule has 0 unspecified atom stereocenters. The summed E-state index contributed by atoms with van der Waals surface area (Å²) in [4.78, 5) is 3.03. The normalized spacial score (nSPS) is 10.6. The first-order valence-electron chi connectivity index (χ1n) is 4.63. The van der Waals surface area contributed by atoms with E-state index >= 15 is 0 Å². The van der Waals surface area contributed by atoms with Crippen molar-refractivity contribution < 1.29 is 0 Å². The fourth-order valence-corrected chi connectivity index (χ4v) is 2.52. The quantitative estimate of drug-likeness (QED) is 0.787. The fraction of sp³-hybridized carbons (Fsp3) is 0.182. The van der Waals surface area contributed by atoms with Crippen molar-refractivity contribution in [2.45, 2.75) is 13.8 Å². The Bertz CT molecular complexity index is 554. The molecule has 2 nitrogen and oxygen atoms in total. The van der Waals surface area contributed by atoms with Gasteiger partial charge >= 0.3 is 0 Å². The van der Waals surface area contributed by atoms with Crippen LogP contribution in [0.4, 0.5) is 0 Å². The molecule has 2 rings (SSSR count). The summed E-state index contributed by atoms with van der Waals surface area (Å²) in [6.07, 6.45) is 1.91. The molecule has 0 atom stereocenters. The minimum Gasteiger partial charge on any atom is -0.337 e. The predicted molar refractivity (Wildman–Crippen MR) is 68.1 cm³/mol. The van der Waals surface area contributed by atoms with Crippen LogP contribution in [0.15, 0.2) is 28.9 Å². The summed E-state index contributed by atoms with van der Waals surface area (Å²) >= 11 is 8.79. The molecular formula is C11H11BrN2S. The average Bonchev–Trinajstić information content (AvgIpc) is 2.48. The number of nitrogens with one attached hydrogen (secondary N) is 1. The maximum absolute atomic E-state index is 5.23. The maximum Gasteiger partial charge on any atom is 0.182 e. The third-order valence-electron chi connectivity index (χ3n) is 2.30. The summed E-state index contributed by atoms with van der Waals surface area (Å²) in [5, 5.41) is 0. The molecule has 0 saturated heterocycles. The van der Waals surface area contributed by atoms with Crippen molar-refractivity contribution >= 4 is 28.1 Å². The van der Waals surface area contributed by atoms with Crippen LogP contribution < -0.4 is 0 Å². The molecule has 2 aromatic rings. The third-order valence-corrected chi connectivity index (χ3v) is 3.24. The Morgan fingerprint density at radius 3 is 2.60 bits per heavy atom. The van der Waals surface area contributed by atoms with Crippen LogP contribution in [-0.4, -0.2) is 9.55 Å². The van der Waals surface area contributed by atoms with Gasteiger partial charge in [0.15, 0.2) is 4.77 Å². The number of aryl methyl sites for hydroxylation is 2. The smallest absolute Gasteiger partial charge is 0.182 e. The Morgan fingerprint density at radius 2 is 2.07 bits per heavy atom. The van der Waals surface area contributed by atoms with E-state index in [4.69, 9.17) is 12.2 Å². The number of halogens is 1. The number of imidazole rings is 1. The number of rotatable bonds is 1. The van der Waals surface area contributed by atoms with Crippen molar-refractivity contribution in [2.75, 3.05) is 0 Å². The maximum atomic E-state index is 5.23. The molecule has 0 saturated carbocycles. The molecule has 0 radical (unpaired) electrons. The molecule has 1 aromatic heterocycles. The Labute approximate surface area is 102 Å². The van der Waals surface area contributed by atoms with Gasteiger partial charge in [-0.15, -0.1) is 0 Å². The van der Waals surface area contributed by atoms with Gasteiger partial charge in [-0.2, -0.15) is 0 Å². The lowest BCUT2D eigenvalue weighted by Gasteiger charge is -2.08. The SMILES string of the molecule is Cc1ccc(-n2c(C)c[nH]c2=S)c(Br)c1. The molecule has 0 aliphatic heterocycles. The van der Waals surface area contributed by atoms with Crippen LogP contribution in [0.25, 0.3) is 5.69 Å². The minimum atomic E-state index is 0.719. The molecule has 0 aliphatic carbocycles. The fourth-order valence-electron chi connectivity index (χ4n) is 1.55. The molecule has 1 heterocycles. The van der Waals surface area contributed by atoms with E-state index in [9.17, 15) is 0 Å². The van der Waals surface area contributed by atoms with Gasteiger partial charge in [0, 0.05) is 16.4 Å². The minimum absolute atomic E-state index is 0.719. The zero-order valence-corrected chi connectivity index (χ0v) is 10.9. The largest absolute Gasteiger partial charge is 0.337 e. The van der Waals surface area contributed by atoms with Crippen LogP contribution in [0.1, 0.15) is 11.3 Å². The molecule has 78 valence electrons. The molecule has 0 spiro atoms. The van der Waals surface area contributed by atoms with Crippen LogP contribution in [0.2, 0.25) is 0 Å². The summed E-state index contributed by atoms with van der Waals surface area (Å²) < 4.78 is 3.79. The van der Waals surface area contributed by atoms with Crippen molar-refractivity contribution in [2.24, 2.45) is 0 Å². The lowest BCUT2D eigenvalue weighted by Crippen LogP contribution is -1.97. The zero-order valence-electron chi connectivity index (χ0n) is 8.54. The second-order valence-corrected chi connectivity index (χ2v) is 4.77. The van der Waals surface area contributed by atoms with Gasteiger partial charge in [0.2, 0.25) is 0 Å². The molecule has 1 aromatic carbocycles. The van der Waals surface area contributed by atoms with Gasteiger partial charge in [-0.3, -0.25) is 4.57 Å². The number of H-pyrrole nitrogens is 1. The zero-order chi connectivity index (χ0) is 11.0. The molecular weight excluding hydrogens is 272 g/mol. The van der Waals surface area contributed by atoms with E-state index in [0.29, 0.717) is 0 Å². The van der Waals surface area contributed by atoms with E-state index < -0.39 is 0 Å². The van der Waals surface area contributed by atoms with Crippen molar-refractivity contribution in [3.05, 3.63) is 44.9 Å². The summed E-state index contributed by atoms with van der Waals surface area (Å²) in [7, 11) is 0. The Balaban J connectivity index is 2.69. The Morgan fingerprint density at radius 1 is 1.33 bits per heavy atom. The van der Waals surface area contributed by atoms with Crippen LogP contribution in [0, 0.1) is 18.6 Å². The Kier molecular flexibility index (Phi) is 2.80. The first-order valence-corrected chi connectivity index (χ1v) is 5.83. The standard InChI is InChI=1S/C11H11BrN2S/c1-7-3-4-10(9(12)5-7)14-8(2)6-13-11(14)15/h3-6H,1-2H3,(H,13,15). The van der Waals surface area contributed by atoms with Crippen molar-refractivity contribution in [3.8, 4) is 5.69 Å². The van der Waals surface area contributed by atoms with Gasteiger partial charge in [0.1, 0.15) is 0 Å². The van der Waals surface area contributed by atoms with Gasteiger partial charge in [0.05, 0.1) is 5.69 Å². The monoisotopic (exact) mass is 282 g/mol.